The smallest absolute Gasteiger partial charge is 0.341 e. The van der Waals surface area contributed by atoms with Crippen molar-refractivity contribution in [1.82, 2.24) is 14.7 Å². The Hall–Kier alpha value is -2.77. The maximum atomic E-state index is 13.7. The van der Waals surface area contributed by atoms with E-state index in [0.29, 0.717) is 19.5 Å². The Labute approximate surface area is 136 Å². The minimum Gasteiger partial charge on any atom is -0.460 e. The highest BCUT2D eigenvalue weighted by molar-refractivity contribution is 5.88. The molecule has 24 heavy (non-hydrogen) atoms. The Morgan fingerprint density at radius 3 is 2.88 bits per heavy atom. The van der Waals surface area contributed by atoms with E-state index < -0.39 is 17.6 Å². The molecule has 8 heteroatoms. The SMILES string of the molecule is O=C(OCCN1CCCC1=O)c1cnn(-c2ccc(F)cc2F)c1. The first-order chi connectivity index (χ1) is 11.5. The van der Waals surface area contributed by atoms with Gasteiger partial charge in [0.1, 0.15) is 18.1 Å². The monoisotopic (exact) mass is 335 g/mol. The van der Waals surface area contributed by atoms with E-state index in [-0.39, 0.29) is 23.8 Å². The summed E-state index contributed by atoms with van der Waals surface area (Å²) in [5, 5.41) is 3.88. The van der Waals surface area contributed by atoms with E-state index in [4.69, 9.17) is 4.74 Å². The lowest BCUT2D eigenvalue weighted by Crippen LogP contribution is -2.29. The second-order valence-electron chi connectivity index (χ2n) is 5.39. The van der Waals surface area contributed by atoms with Crippen molar-refractivity contribution < 1.29 is 23.1 Å². The molecule has 0 atom stereocenters. The van der Waals surface area contributed by atoms with Gasteiger partial charge in [0, 0.05) is 25.2 Å². The van der Waals surface area contributed by atoms with Crippen molar-refractivity contribution in [2.75, 3.05) is 19.7 Å². The molecule has 1 fully saturated rings. The number of carbonyl (C=O) groups excluding carboxylic acids is 2. The van der Waals surface area contributed by atoms with E-state index in [1.165, 1.54) is 18.5 Å². The molecule has 0 saturated carbocycles. The van der Waals surface area contributed by atoms with Crippen LogP contribution in [0.5, 0.6) is 0 Å². The van der Waals surface area contributed by atoms with E-state index in [9.17, 15) is 18.4 Å². The van der Waals surface area contributed by atoms with Gasteiger partial charge in [0.2, 0.25) is 5.91 Å². The molecule has 126 valence electrons. The molecule has 3 rings (SSSR count). The summed E-state index contributed by atoms with van der Waals surface area (Å²) >= 11 is 0. The largest absolute Gasteiger partial charge is 0.460 e. The zero-order valence-electron chi connectivity index (χ0n) is 12.7. The number of benzene rings is 1. The van der Waals surface area contributed by atoms with Crippen LogP contribution in [0.3, 0.4) is 0 Å². The van der Waals surface area contributed by atoms with Gasteiger partial charge in [0.05, 0.1) is 18.3 Å². The summed E-state index contributed by atoms with van der Waals surface area (Å²) in [7, 11) is 0. The Balaban J connectivity index is 1.60. The van der Waals surface area contributed by atoms with Crippen molar-refractivity contribution >= 4 is 11.9 Å². The van der Waals surface area contributed by atoms with Gasteiger partial charge in [0.25, 0.3) is 0 Å². The lowest BCUT2D eigenvalue weighted by atomic mass is 10.3. The number of rotatable bonds is 5. The summed E-state index contributed by atoms with van der Waals surface area (Å²) in [6, 6.07) is 3.07. The summed E-state index contributed by atoms with van der Waals surface area (Å²) in [5.41, 5.74) is 0.171. The molecule has 0 spiro atoms. The average molecular weight is 335 g/mol. The number of esters is 1. The summed E-state index contributed by atoms with van der Waals surface area (Å²) in [6.07, 6.45) is 3.90. The topological polar surface area (TPSA) is 64.4 Å². The molecular formula is C16H15F2N3O3. The van der Waals surface area contributed by atoms with Gasteiger partial charge in [-0.2, -0.15) is 5.10 Å². The average Bonchev–Trinajstić information content (AvgIpc) is 3.17. The van der Waals surface area contributed by atoms with Gasteiger partial charge in [-0.3, -0.25) is 4.79 Å². The first kappa shape index (κ1) is 16.1. The van der Waals surface area contributed by atoms with Crippen LogP contribution in [0.15, 0.2) is 30.6 Å². The van der Waals surface area contributed by atoms with E-state index in [1.54, 1.807) is 4.90 Å². The summed E-state index contributed by atoms with van der Waals surface area (Å²) in [4.78, 5) is 25.0. The van der Waals surface area contributed by atoms with Crippen LogP contribution in [0, 0.1) is 11.6 Å². The number of hydrogen-bond donors (Lipinski definition) is 0. The van der Waals surface area contributed by atoms with E-state index in [1.807, 2.05) is 0 Å². The van der Waals surface area contributed by atoms with Crippen LogP contribution in [0.25, 0.3) is 5.69 Å². The molecule has 1 aliphatic rings. The van der Waals surface area contributed by atoms with Crippen LogP contribution in [-0.4, -0.2) is 46.3 Å². The zero-order valence-corrected chi connectivity index (χ0v) is 12.7. The highest BCUT2D eigenvalue weighted by Crippen LogP contribution is 2.15. The lowest BCUT2D eigenvalue weighted by molar-refractivity contribution is -0.128. The van der Waals surface area contributed by atoms with Crippen molar-refractivity contribution in [2.45, 2.75) is 12.8 Å². The highest BCUT2D eigenvalue weighted by Gasteiger charge is 2.20. The van der Waals surface area contributed by atoms with E-state index in [2.05, 4.69) is 5.10 Å². The number of aromatic nitrogens is 2. The van der Waals surface area contributed by atoms with Crippen molar-refractivity contribution in [3.8, 4) is 5.69 Å². The maximum Gasteiger partial charge on any atom is 0.341 e. The standard InChI is InChI=1S/C16H15F2N3O3/c17-12-3-4-14(13(18)8-12)21-10-11(9-19-21)16(23)24-7-6-20-5-1-2-15(20)22/h3-4,8-10H,1-2,5-7H2. The molecule has 0 unspecified atom stereocenters. The number of carbonyl (C=O) groups is 2. The van der Waals surface area contributed by atoms with Crippen molar-refractivity contribution in [3.05, 3.63) is 47.8 Å². The molecule has 0 bridgehead atoms. The summed E-state index contributed by atoms with van der Waals surface area (Å²) < 4.78 is 32.9. The van der Waals surface area contributed by atoms with Gasteiger partial charge in [-0.05, 0) is 18.6 Å². The number of likely N-dealkylation sites (tertiary alicyclic amines) is 1. The van der Waals surface area contributed by atoms with Gasteiger partial charge in [-0.15, -0.1) is 0 Å². The highest BCUT2D eigenvalue weighted by atomic mass is 19.1. The molecule has 1 aromatic carbocycles. The minimum atomic E-state index is -0.787. The molecule has 1 saturated heterocycles. The molecule has 1 amide bonds. The van der Waals surface area contributed by atoms with E-state index in [0.717, 1.165) is 23.2 Å². The predicted octanol–water partition coefficient (Wildman–Crippen LogP) is 1.93. The van der Waals surface area contributed by atoms with Crippen LogP contribution >= 0.6 is 0 Å². The number of hydrogen-bond acceptors (Lipinski definition) is 4. The van der Waals surface area contributed by atoms with Gasteiger partial charge in [-0.25, -0.2) is 18.3 Å². The number of ether oxygens (including phenoxy) is 1. The van der Waals surface area contributed by atoms with Crippen LogP contribution < -0.4 is 0 Å². The van der Waals surface area contributed by atoms with Crippen molar-refractivity contribution in [1.29, 1.82) is 0 Å². The second-order valence-corrected chi connectivity index (χ2v) is 5.39. The quantitative estimate of drug-likeness (QED) is 0.783. The predicted molar refractivity (Wildman–Crippen MR) is 79.6 cm³/mol. The Kier molecular flexibility index (Phi) is 4.54. The molecule has 2 aromatic rings. The Bertz CT molecular complexity index is 776. The number of amides is 1. The molecule has 0 aliphatic carbocycles. The molecule has 1 aromatic heterocycles. The van der Waals surface area contributed by atoms with Crippen molar-refractivity contribution in [2.24, 2.45) is 0 Å². The minimum absolute atomic E-state index is 0.0260. The maximum absolute atomic E-state index is 13.7. The molecule has 2 heterocycles. The zero-order chi connectivity index (χ0) is 17.1. The normalized spacial score (nSPS) is 14.2. The number of nitrogens with zero attached hydrogens (tertiary/aromatic N) is 3. The second kappa shape index (κ2) is 6.77. The molecule has 1 aliphatic heterocycles. The first-order valence-electron chi connectivity index (χ1n) is 7.49. The molecule has 6 nitrogen and oxygen atoms in total. The van der Waals surface area contributed by atoms with Crippen molar-refractivity contribution in [3.63, 3.8) is 0 Å². The summed E-state index contributed by atoms with van der Waals surface area (Å²) in [6.45, 7) is 1.12. The first-order valence-corrected chi connectivity index (χ1v) is 7.49. The Morgan fingerprint density at radius 1 is 1.33 bits per heavy atom. The third-order valence-corrected chi connectivity index (χ3v) is 3.74. The molecule has 0 radical (unpaired) electrons. The third-order valence-electron chi connectivity index (χ3n) is 3.74. The molecule has 0 N–H and O–H groups in total. The summed E-state index contributed by atoms with van der Waals surface area (Å²) in [5.74, 6) is -2.04. The van der Waals surface area contributed by atoms with Gasteiger partial charge in [0.15, 0.2) is 5.82 Å². The van der Waals surface area contributed by atoms with Gasteiger partial charge >= 0.3 is 5.97 Å². The van der Waals surface area contributed by atoms with Crippen LogP contribution in [0.1, 0.15) is 23.2 Å². The van der Waals surface area contributed by atoms with Crippen LogP contribution in [0.4, 0.5) is 8.78 Å². The number of halogens is 2. The van der Waals surface area contributed by atoms with Gasteiger partial charge < -0.3 is 9.64 Å². The fourth-order valence-corrected chi connectivity index (χ4v) is 2.50. The van der Waals surface area contributed by atoms with Crippen LogP contribution in [-0.2, 0) is 9.53 Å². The van der Waals surface area contributed by atoms with Crippen LogP contribution in [0.2, 0.25) is 0 Å². The fourth-order valence-electron chi connectivity index (χ4n) is 2.50. The fraction of sp³-hybridized carbons (Fsp3) is 0.312. The lowest BCUT2D eigenvalue weighted by Gasteiger charge is -2.14. The van der Waals surface area contributed by atoms with Gasteiger partial charge in [-0.1, -0.05) is 0 Å². The Morgan fingerprint density at radius 2 is 2.17 bits per heavy atom. The molecular weight excluding hydrogens is 320 g/mol. The van der Waals surface area contributed by atoms with E-state index >= 15 is 0 Å². The third kappa shape index (κ3) is 3.42.